The monoisotopic (exact) mass is 302 g/mol. The van der Waals surface area contributed by atoms with Crippen molar-refractivity contribution in [1.82, 2.24) is 19.7 Å². The molecule has 1 saturated carbocycles. The molecule has 0 unspecified atom stereocenters. The highest BCUT2D eigenvalue weighted by atomic mass is 16.3. The molecular weight excluding hydrogens is 284 g/mol. The van der Waals surface area contributed by atoms with Crippen molar-refractivity contribution in [2.75, 3.05) is 0 Å². The molecule has 3 atom stereocenters. The van der Waals surface area contributed by atoms with Gasteiger partial charge in [-0.25, -0.2) is 0 Å². The maximum atomic E-state index is 12.3. The Kier molecular flexibility index (Phi) is 3.58. The van der Waals surface area contributed by atoms with Crippen molar-refractivity contribution >= 4 is 5.91 Å². The first-order valence-corrected chi connectivity index (χ1v) is 7.13. The van der Waals surface area contributed by atoms with E-state index >= 15 is 0 Å². The number of pyridine rings is 1. The van der Waals surface area contributed by atoms with Crippen LogP contribution in [-0.4, -0.2) is 37.5 Å². The first-order chi connectivity index (χ1) is 10.5. The maximum absolute atomic E-state index is 12.3. The topological polar surface area (TPSA) is 89.2 Å². The molecule has 0 saturated heterocycles. The molecule has 1 aliphatic carbocycles. The van der Waals surface area contributed by atoms with E-state index in [1.165, 1.54) is 10.6 Å². The SMILES string of the molecule is Cc1cnn([C@H]2[C@H](O)C[C@@H]2NC(=O)c2cccc(=O)n2C)c1. The number of aryl methyl sites for hydroxylation is 1. The second-order valence-corrected chi connectivity index (χ2v) is 5.68. The van der Waals surface area contributed by atoms with E-state index in [-0.39, 0.29) is 23.6 Å². The smallest absolute Gasteiger partial charge is 0.268 e. The van der Waals surface area contributed by atoms with Gasteiger partial charge >= 0.3 is 0 Å². The van der Waals surface area contributed by atoms with Crippen LogP contribution in [0.4, 0.5) is 0 Å². The molecule has 2 aromatic rings. The summed E-state index contributed by atoms with van der Waals surface area (Å²) in [5.41, 5.74) is 1.06. The molecule has 0 spiro atoms. The number of aliphatic hydroxyl groups is 1. The third-order valence-electron chi connectivity index (χ3n) is 4.07. The van der Waals surface area contributed by atoms with Crippen molar-refractivity contribution in [3.63, 3.8) is 0 Å². The van der Waals surface area contributed by atoms with Gasteiger partial charge in [0.25, 0.3) is 11.5 Å². The molecule has 2 aromatic heterocycles. The lowest BCUT2D eigenvalue weighted by atomic mass is 9.83. The summed E-state index contributed by atoms with van der Waals surface area (Å²) in [6, 6.07) is 4.06. The molecule has 22 heavy (non-hydrogen) atoms. The first kappa shape index (κ1) is 14.5. The Labute approximate surface area is 127 Å². The van der Waals surface area contributed by atoms with Gasteiger partial charge in [-0.1, -0.05) is 6.07 Å². The number of nitrogens with zero attached hydrogens (tertiary/aromatic N) is 3. The van der Waals surface area contributed by atoms with E-state index in [9.17, 15) is 14.7 Å². The average molecular weight is 302 g/mol. The predicted octanol–water partition coefficient (Wildman–Crippen LogP) is -0.00548. The highest BCUT2D eigenvalue weighted by molar-refractivity contribution is 5.92. The summed E-state index contributed by atoms with van der Waals surface area (Å²) in [6.45, 7) is 1.92. The number of hydrogen-bond acceptors (Lipinski definition) is 4. The van der Waals surface area contributed by atoms with Crippen molar-refractivity contribution in [1.29, 1.82) is 0 Å². The van der Waals surface area contributed by atoms with Crippen molar-refractivity contribution < 1.29 is 9.90 Å². The van der Waals surface area contributed by atoms with Crippen LogP contribution in [0, 0.1) is 6.92 Å². The van der Waals surface area contributed by atoms with E-state index in [1.54, 1.807) is 30.1 Å². The molecule has 2 heterocycles. The van der Waals surface area contributed by atoms with Crippen LogP contribution in [0.25, 0.3) is 0 Å². The number of aromatic nitrogens is 3. The van der Waals surface area contributed by atoms with Crippen molar-refractivity contribution in [3.05, 3.63) is 52.2 Å². The van der Waals surface area contributed by atoms with Crippen LogP contribution in [0.5, 0.6) is 0 Å². The summed E-state index contributed by atoms with van der Waals surface area (Å²) in [7, 11) is 1.56. The Morgan fingerprint density at radius 2 is 2.23 bits per heavy atom. The fourth-order valence-electron chi connectivity index (χ4n) is 2.75. The summed E-state index contributed by atoms with van der Waals surface area (Å²) in [4.78, 5) is 23.9. The van der Waals surface area contributed by atoms with E-state index in [1.807, 2.05) is 13.1 Å². The second kappa shape index (κ2) is 5.42. The van der Waals surface area contributed by atoms with Crippen LogP contribution in [0.3, 0.4) is 0 Å². The Morgan fingerprint density at radius 3 is 2.86 bits per heavy atom. The molecule has 1 amide bonds. The van der Waals surface area contributed by atoms with E-state index in [2.05, 4.69) is 10.4 Å². The summed E-state index contributed by atoms with van der Waals surface area (Å²) < 4.78 is 2.98. The molecule has 3 rings (SSSR count). The van der Waals surface area contributed by atoms with Crippen molar-refractivity contribution in [3.8, 4) is 0 Å². The molecule has 7 heteroatoms. The van der Waals surface area contributed by atoms with Gasteiger partial charge in [0.15, 0.2) is 0 Å². The Hall–Kier alpha value is -2.41. The zero-order chi connectivity index (χ0) is 15.9. The van der Waals surface area contributed by atoms with Crippen LogP contribution in [-0.2, 0) is 7.05 Å². The number of nitrogens with one attached hydrogen (secondary N) is 1. The van der Waals surface area contributed by atoms with Crippen LogP contribution in [0.1, 0.15) is 28.5 Å². The van der Waals surface area contributed by atoms with Crippen LogP contribution >= 0.6 is 0 Å². The predicted molar refractivity (Wildman–Crippen MR) is 79.6 cm³/mol. The van der Waals surface area contributed by atoms with Gasteiger partial charge in [0.05, 0.1) is 24.4 Å². The Morgan fingerprint density at radius 1 is 1.45 bits per heavy atom. The summed E-state index contributed by atoms with van der Waals surface area (Å²) >= 11 is 0. The third kappa shape index (κ3) is 2.43. The van der Waals surface area contributed by atoms with Crippen LogP contribution < -0.4 is 10.9 Å². The number of carbonyl (C=O) groups is 1. The summed E-state index contributed by atoms with van der Waals surface area (Å²) in [6.07, 6.45) is 3.48. The molecule has 7 nitrogen and oxygen atoms in total. The molecule has 0 bridgehead atoms. The van der Waals surface area contributed by atoms with E-state index in [4.69, 9.17) is 0 Å². The maximum Gasteiger partial charge on any atom is 0.268 e. The van der Waals surface area contributed by atoms with Gasteiger partial charge in [0.2, 0.25) is 0 Å². The standard InChI is InChI=1S/C15H18N4O3/c1-9-7-16-19(8-9)14-10(6-12(14)20)17-15(22)11-4-3-5-13(21)18(11)2/h3-5,7-8,10,12,14,20H,6H2,1-2H3,(H,17,22)/t10-,12+,14+/m0/s1. The Balaban J connectivity index is 1.77. The zero-order valence-corrected chi connectivity index (χ0v) is 12.4. The van der Waals surface area contributed by atoms with Crippen molar-refractivity contribution in [2.45, 2.75) is 31.5 Å². The van der Waals surface area contributed by atoms with E-state index in [0.717, 1.165) is 5.56 Å². The number of rotatable bonds is 3. The number of aliphatic hydroxyl groups excluding tert-OH is 1. The third-order valence-corrected chi connectivity index (χ3v) is 4.07. The summed E-state index contributed by atoms with van der Waals surface area (Å²) in [5.74, 6) is -0.328. The average Bonchev–Trinajstić information content (AvgIpc) is 2.86. The largest absolute Gasteiger partial charge is 0.391 e. The number of hydrogen-bond donors (Lipinski definition) is 2. The van der Waals surface area contributed by atoms with Gasteiger partial charge in [-0.05, 0) is 25.0 Å². The minimum Gasteiger partial charge on any atom is -0.391 e. The van der Waals surface area contributed by atoms with Gasteiger partial charge in [0.1, 0.15) is 5.69 Å². The molecule has 0 radical (unpaired) electrons. The fraction of sp³-hybridized carbons (Fsp3) is 0.400. The Bertz CT molecular complexity index is 764. The molecule has 0 aliphatic heterocycles. The molecular formula is C15H18N4O3. The van der Waals surface area contributed by atoms with Crippen molar-refractivity contribution in [2.24, 2.45) is 7.05 Å². The molecule has 116 valence electrons. The highest BCUT2D eigenvalue weighted by Crippen LogP contribution is 2.32. The van der Waals surface area contributed by atoms with Gasteiger partial charge in [-0.15, -0.1) is 0 Å². The summed E-state index contributed by atoms with van der Waals surface area (Å²) in [5, 5.41) is 17.0. The van der Waals surface area contributed by atoms with Crippen LogP contribution in [0.15, 0.2) is 35.4 Å². The lowest BCUT2D eigenvalue weighted by Gasteiger charge is -2.41. The van der Waals surface area contributed by atoms with Crippen LogP contribution in [0.2, 0.25) is 0 Å². The highest BCUT2D eigenvalue weighted by Gasteiger charge is 2.43. The normalized spacial score (nSPS) is 23.9. The van der Waals surface area contributed by atoms with Gasteiger partial charge < -0.3 is 15.0 Å². The first-order valence-electron chi connectivity index (χ1n) is 7.13. The van der Waals surface area contributed by atoms with E-state index < -0.39 is 6.10 Å². The minimum atomic E-state index is -0.538. The minimum absolute atomic E-state index is 0.211. The number of carbonyl (C=O) groups excluding carboxylic acids is 1. The molecule has 1 fully saturated rings. The lowest BCUT2D eigenvalue weighted by molar-refractivity contribution is -0.00602. The fourth-order valence-corrected chi connectivity index (χ4v) is 2.75. The second-order valence-electron chi connectivity index (χ2n) is 5.68. The van der Waals surface area contributed by atoms with Gasteiger partial charge in [-0.3, -0.25) is 14.3 Å². The van der Waals surface area contributed by atoms with Gasteiger partial charge in [-0.2, -0.15) is 5.10 Å². The molecule has 0 aromatic carbocycles. The van der Waals surface area contributed by atoms with E-state index in [0.29, 0.717) is 12.1 Å². The quantitative estimate of drug-likeness (QED) is 0.835. The lowest BCUT2D eigenvalue weighted by Crippen LogP contribution is -2.56. The molecule has 2 N–H and O–H groups in total. The zero-order valence-electron chi connectivity index (χ0n) is 12.4. The molecule has 1 aliphatic rings. The van der Waals surface area contributed by atoms with Gasteiger partial charge in [0, 0.05) is 19.3 Å². The number of amides is 1.